The molecule has 3 aromatic rings. The van der Waals surface area contributed by atoms with E-state index in [1.807, 2.05) is 0 Å². The normalized spacial score (nSPS) is 15.4. The van der Waals surface area contributed by atoms with E-state index >= 15 is 0 Å². The highest BCUT2D eigenvalue weighted by Crippen LogP contribution is 2.27. The van der Waals surface area contributed by atoms with E-state index in [4.69, 9.17) is 10.5 Å². The van der Waals surface area contributed by atoms with E-state index in [0.717, 1.165) is 19.5 Å². The highest BCUT2D eigenvalue weighted by atomic mass is 16.5. The quantitative estimate of drug-likeness (QED) is 0.570. The van der Waals surface area contributed by atoms with Crippen molar-refractivity contribution < 1.29 is 9.53 Å². The van der Waals surface area contributed by atoms with Gasteiger partial charge in [-0.15, -0.1) is 0 Å². The zero-order chi connectivity index (χ0) is 20.9. The molecule has 1 aliphatic heterocycles. The van der Waals surface area contributed by atoms with Gasteiger partial charge in [-0.05, 0) is 43.3 Å². The summed E-state index contributed by atoms with van der Waals surface area (Å²) in [6.45, 7) is 1.67. The second-order valence-corrected chi connectivity index (χ2v) is 6.72. The lowest BCUT2D eigenvalue weighted by atomic mass is 10.1. The molecule has 2 aromatic carbocycles. The number of hydrogen-bond acceptors (Lipinski definition) is 8. The van der Waals surface area contributed by atoms with Gasteiger partial charge in [-0.2, -0.15) is 10.2 Å². The molecule has 1 atom stereocenters. The first-order valence-corrected chi connectivity index (χ1v) is 9.41. The van der Waals surface area contributed by atoms with Crippen LogP contribution in [0, 0.1) is 11.3 Å². The number of primary amides is 1. The first kappa shape index (κ1) is 19.3. The summed E-state index contributed by atoms with van der Waals surface area (Å²) >= 11 is 0. The van der Waals surface area contributed by atoms with Gasteiger partial charge in [0.25, 0.3) is 5.91 Å². The Balaban J connectivity index is 1.59. The Kier molecular flexibility index (Phi) is 5.50. The third kappa shape index (κ3) is 4.19. The van der Waals surface area contributed by atoms with Crippen molar-refractivity contribution >= 4 is 17.5 Å². The van der Waals surface area contributed by atoms with Crippen LogP contribution in [0.25, 0.3) is 11.4 Å². The summed E-state index contributed by atoms with van der Waals surface area (Å²) in [6.07, 6.45) is 2.32. The maximum Gasteiger partial charge on any atom is 0.250 e. The van der Waals surface area contributed by atoms with Crippen molar-refractivity contribution in [2.75, 3.05) is 18.4 Å². The molecule has 9 nitrogen and oxygen atoms in total. The topological polar surface area (TPSA) is 139 Å². The number of hydrogen-bond donors (Lipinski definition) is 3. The molecular formula is C21H19N7O2. The standard InChI is InChI=1S/C21H19N7O2/c22-10-14-9-13(5-6-18(14)30-15-7-8-24-11-15)20-25-12-26-21(28-20)27-17-4-2-1-3-16(17)19(23)29/h1-6,9,12,15,24H,7-8,11H2,(H2,23,29)(H,25,26,27,28). The van der Waals surface area contributed by atoms with E-state index in [2.05, 4.69) is 31.7 Å². The molecule has 30 heavy (non-hydrogen) atoms. The van der Waals surface area contributed by atoms with E-state index < -0.39 is 5.91 Å². The predicted molar refractivity (Wildman–Crippen MR) is 110 cm³/mol. The van der Waals surface area contributed by atoms with Crippen molar-refractivity contribution in [2.24, 2.45) is 5.73 Å². The molecule has 0 radical (unpaired) electrons. The lowest BCUT2D eigenvalue weighted by Crippen LogP contribution is -2.20. The Morgan fingerprint density at radius 1 is 1.27 bits per heavy atom. The van der Waals surface area contributed by atoms with Crippen LogP contribution in [-0.2, 0) is 0 Å². The average Bonchev–Trinajstić information content (AvgIpc) is 3.27. The van der Waals surface area contributed by atoms with Crippen molar-refractivity contribution in [1.29, 1.82) is 5.26 Å². The minimum Gasteiger partial charge on any atom is -0.488 e. The fraction of sp³-hybridized carbons (Fsp3) is 0.190. The molecule has 0 spiro atoms. The minimum atomic E-state index is -0.556. The van der Waals surface area contributed by atoms with Gasteiger partial charge in [0, 0.05) is 12.1 Å². The van der Waals surface area contributed by atoms with E-state index in [-0.39, 0.29) is 12.1 Å². The SMILES string of the molecule is N#Cc1cc(-c2ncnc(Nc3ccccc3C(N)=O)n2)ccc1OC1CCNC1. The first-order valence-electron chi connectivity index (χ1n) is 9.41. The van der Waals surface area contributed by atoms with Crippen molar-refractivity contribution in [3.8, 4) is 23.2 Å². The number of rotatable bonds is 6. The van der Waals surface area contributed by atoms with Crippen LogP contribution in [0.1, 0.15) is 22.3 Å². The number of carbonyl (C=O) groups excluding carboxylic acids is 1. The summed E-state index contributed by atoms with van der Waals surface area (Å²) < 4.78 is 5.93. The Bertz CT molecular complexity index is 1120. The summed E-state index contributed by atoms with van der Waals surface area (Å²) in [4.78, 5) is 24.3. The molecule has 1 aliphatic rings. The fourth-order valence-electron chi connectivity index (χ4n) is 3.19. The second kappa shape index (κ2) is 8.55. The number of ether oxygens (including phenoxy) is 1. The van der Waals surface area contributed by atoms with Gasteiger partial charge in [-0.1, -0.05) is 12.1 Å². The van der Waals surface area contributed by atoms with Gasteiger partial charge in [-0.25, -0.2) is 9.97 Å². The number of nitrogens with one attached hydrogen (secondary N) is 2. The van der Waals surface area contributed by atoms with Gasteiger partial charge in [0.15, 0.2) is 5.82 Å². The molecule has 4 N–H and O–H groups in total. The number of amides is 1. The Hall–Kier alpha value is -4.03. The van der Waals surface area contributed by atoms with Crippen LogP contribution in [0.2, 0.25) is 0 Å². The maximum atomic E-state index is 11.6. The van der Waals surface area contributed by atoms with E-state index in [9.17, 15) is 10.1 Å². The highest BCUT2D eigenvalue weighted by molar-refractivity contribution is 5.98. The number of carbonyl (C=O) groups is 1. The summed E-state index contributed by atoms with van der Waals surface area (Å²) in [5.74, 6) is 0.621. The van der Waals surface area contributed by atoms with Gasteiger partial charge in [0.05, 0.1) is 16.8 Å². The predicted octanol–water partition coefficient (Wildman–Crippen LogP) is 1.99. The molecular weight excluding hydrogens is 382 g/mol. The molecule has 150 valence electrons. The van der Waals surface area contributed by atoms with Gasteiger partial charge in [0.1, 0.15) is 24.3 Å². The number of benzene rings is 2. The lowest BCUT2D eigenvalue weighted by Gasteiger charge is -2.14. The van der Waals surface area contributed by atoms with E-state index in [0.29, 0.717) is 34.0 Å². The summed E-state index contributed by atoms with van der Waals surface area (Å²) in [7, 11) is 0. The zero-order valence-corrected chi connectivity index (χ0v) is 16.0. The van der Waals surface area contributed by atoms with Gasteiger partial charge >= 0.3 is 0 Å². The smallest absolute Gasteiger partial charge is 0.250 e. The van der Waals surface area contributed by atoms with E-state index in [1.165, 1.54) is 6.33 Å². The lowest BCUT2D eigenvalue weighted by molar-refractivity contribution is 0.100. The molecule has 2 heterocycles. The number of anilines is 2. The summed E-state index contributed by atoms with van der Waals surface area (Å²) in [5.41, 5.74) is 7.30. The molecule has 1 amide bonds. The third-order valence-corrected chi connectivity index (χ3v) is 4.68. The molecule has 1 fully saturated rings. The molecule has 1 unspecified atom stereocenters. The van der Waals surface area contributed by atoms with Crippen LogP contribution < -0.4 is 21.1 Å². The Labute approximate surface area is 172 Å². The van der Waals surface area contributed by atoms with Crippen molar-refractivity contribution in [3.63, 3.8) is 0 Å². The van der Waals surface area contributed by atoms with Crippen molar-refractivity contribution in [1.82, 2.24) is 20.3 Å². The minimum absolute atomic E-state index is 0.0567. The first-order chi connectivity index (χ1) is 14.6. The number of para-hydroxylation sites is 1. The van der Waals surface area contributed by atoms with Gasteiger partial charge < -0.3 is 21.1 Å². The van der Waals surface area contributed by atoms with Gasteiger partial charge in [0.2, 0.25) is 5.95 Å². The van der Waals surface area contributed by atoms with Crippen molar-refractivity contribution in [3.05, 3.63) is 59.9 Å². The molecule has 0 saturated carbocycles. The van der Waals surface area contributed by atoms with Crippen molar-refractivity contribution in [2.45, 2.75) is 12.5 Å². The van der Waals surface area contributed by atoms with Crippen LogP contribution in [0.5, 0.6) is 5.75 Å². The molecule has 9 heteroatoms. The molecule has 0 bridgehead atoms. The van der Waals surface area contributed by atoms with Crippen LogP contribution in [-0.4, -0.2) is 40.1 Å². The molecule has 4 rings (SSSR count). The highest BCUT2D eigenvalue weighted by Gasteiger charge is 2.18. The number of nitrogens with zero attached hydrogens (tertiary/aromatic N) is 4. The average molecular weight is 401 g/mol. The Morgan fingerprint density at radius 2 is 2.13 bits per heavy atom. The summed E-state index contributed by atoms with van der Waals surface area (Å²) in [6, 6.07) is 14.2. The van der Waals surface area contributed by atoms with E-state index in [1.54, 1.807) is 42.5 Å². The zero-order valence-electron chi connectivity index (χ0n) is 16.0. The molecule has 1 aromatic heterocycles. The number of aromatic nitrogens is 3. The number of nitriles is 1. The fourth-order valence-corrected chi connectivity index (χ4v) is 3.19. The largest absolute Gasteiger partial charge is 0.488 e. The second-order valence-electron chi connectivity index (χ2n) is 6.72. The van der Waals surface area contributed by atoms with Crippen LogP contribution in [0.15, 0.2) is 48.8 Å². The molecule has 0 aliphatic carbocycles. The van der Waals surface area contributed by atoms with Gasteiger partial charge in [-0.3, -0.25) is 4.79 Å². The maximum absolute atomic E-state index is 11.6. The third-order valence-electron chi connectivity index (χ3n) is 4.68. The van der Waals surface area contributed by atoms with Crippen LogP contribution >= 0.6 is 0 Å². The number of nitrogens with two attached hydrogens (primary N) is 1. The van der Waals surface area contributed by atoms with Crippen LogP contribution in [0.3, 0.4) is 0 Å². The monoisotopic (exact) mass is 401 g/mol. The summed E-state index contributed by atoms with van der Waals surface area (Å²) in [5, 5.41) is 15.8. The molecule has 1 saturated heterocycles. The van der Waals surface area contributed by atoms with Crippen LogP contribution in [0.4, 0.5) is 11.6 Å². The Morgan fingerprint density at radius 3 is 2.90 bits per heavy atom.